The van der Waals surface area contributed by atoms with Gasteiger partial charge in [-0.3, -0.25) is 0 Å². The van der Waals surface area contributed by atoms with E-state index in [1.807, 2.05) is 0 Å². The molecule has 0 unspecified atom stereocenters. The monoisotopic (exact) mass is 179 g/mol. The minimum Gasteiger partial charge on any atom is -0.793 e. The fourth-order valence-electron chi connectivity index (χ4n) is 0.245. The van der Waals surface area contributed by atoms with E-state index in [0.29, 0.717) is 12.2 Å². The summed E-state index contributed by atoms with van der Waals surface area (Å²) in [6, 6.07) is -0.882. The van der Waals surface area contributed by atoms with E-state index >= 15 is 0 Å². The molecule has 10 heavy (non-hydrogen) atoms. The Bertz CT molecular complexity index is 93.3. The maximum atomic E-state index is 9.81. The molecule has 0 aromatic rings. The molecule has 0 aromatic heterocycles. The summed E-state index contributed by atoms with van der Waals surface area (Å²) in [4.78, 5) is 9.81. The molecule has 0 spiro atoms. The van der Waals surface area contributed by atoms with Crippen molar-refractivity contribution in [3.05, 3.63) is 0 Å². The van der Waals surface area contributed by atoms with Crippen molar-refractivity contribution in [1.29, 1.82) is 0 Å². The summed E-state index contributed by atoms with van der Waals surface area (Å²) in [6.45, 7) is 0. The summed E-state index contributed by atoms with van der Waals surface area (Å²) in [5.74, 6) is -0.857. The van der Waals surface area contributed by atoms with Gasteiger partial charge in [0, 0.05) is 6.04 Å². The van der Waals surface area contributed by atoms with Gasteiger partial charge in [-0.05, 0) is 0 Å². The minimum atomic E-state index is -1.23. The predicted octanol–water partition coefficient (Wildman–Crippen LogP) is -7.99. The molecule has 0 aliphatic heterocycles. The zero-order valence-electron chi connectivity index (χ0n) is 6.29. The van der Waals surface area contributed by atoms with Gasteiger partial charge in [-0.15, -0.1) is 0 Å². The van der Waals surface area contributed by atoms with Crippen LogP contribution in [-0.4, -0.2) is 17.8 Å². The van der Waals surface area contributed by atoms with Gasteiger partial charge in [0.1, 0.15) is 0 Å². The number of carbonyl (C=O) groups excluding carboxylic acids is 1. The molecule has 3 nitrogen and oxygen atoms in total. The summed E-state index contributed by atoms with van der Waals surface area (Å²) in [7, 11) is 0. The van der Waals surface area contributed by atoms with Gasteiger partial charge in [-0.2, -0.15) is 5.75 Å². The molecule has 0 amide bonds. The molecule has 0 bridgehead atoms. The van der Waals surface area contributed by atoms with Gasteiger partial charge in [-0.25, -0.2) is 0 Å². The number of carbonyl (C=O) groups is 1. The number of aliphatic carboxylic acids is 1. The Kier molecular flexibility index (Phi) is 19.1. The van der Waals surface area contributed by atoms with Crippen LogP contribution in [0.1, 0.15) is 6.42 Å². The van der Waals surface area contributed by atoms with Crippen LogP contribution in [0.2, 0.25) is 0 Å². The van der Waals surface area contributed by atoms with Crippen molar-refractivity contribution in [2.24, 2.45) is 5.73 Å². The second kappa shape index (κ2) is 10.8. The first-order valence-electron chi connectivity index (χ1n) is 2.23. The van der Waals surface area contributed by atoms with Gasteiger partial charge >= 0.3 is 59.1 Å². The number of rotatable bonds is 3. The Morgan fingerprint density at radius 2 is 2.00 bits per heavy atom. The van der Waals surface area contributed by atoms with Crippen LogP contribution in [0.4, 0.5) is 0 Å². The smallest absolute Gasteiger partial charge is 0.793 e. The third-order valence-electron chi connectivity index (χ3n) is 0.732. The fraction of sp³-hybridized carbons (Fsp3) is 0.750. The van der Waals surface area contributed by atoms with Crippen molar-refractivity contribution >= 4 is 18.6 Å². The van der Waals surface area contributed by atoms with Crippen molar-refractivity contribution in [3.8, 4) is 0 Å². The summed E-state index contributed by atoms with van der Waals surface area (Å²) in [6.07, 6.45) is 0.317. The first kappa shape index (κ1) is 17.8. The Balaban J connectivity index is -0.000000245. The largest absolute Gasteiger partial charge is 1.00 e. The van der Waals surface area contributed by atoms with Crippen LogP contribution in [-0.2, 0) is 17.4 Å². The van der Waals surface area contributed by atoms with Gasteiger partial charge in [0.2, 0.25) is 0 Å². The average Bonchev–Trinajstić information content (AvgIpc) is 1.67. The van der Waals surface area contributed by atoms with Crippen LogP contribution in [0.3, 0.4) is 0 Å². The van der Waals surface area contributed by atoms with Gasteiger partial charge in [0.05, 0.1) is 5.97 Å². The normalized spacial score (nSPS) is 10.6. The molecule has 0 fully saturated rings. The Hall–Kier alpha value is 1.78. The van der Waals surface area contributed by atoms with Crippen molar-refractivity contribution < 1.29 is 69.0 Å². The van der Waals surface area contributed by atoms with Crippen LogP contribution in [0.15, 0.2) is 0 Å². The standard InChI is InChI=1S/C4H9NO2S.2Na/c5-3(1-2-8)4(6)7;;/h3,8H,1-2,5H2,(H,6,7);;/q;2*+1/p-2/t3-;;/m1../s1. The number of carboxylic acid groups (broad SMARTS) is 1. The second-order valence-corrected chi connectivity index (χ2v) is 1.83. The van der Waals surface area contributed by atoms with Crippen LogP contribution >= 0.6 is 0 Å². The van der Waals surface area contributed by atoms with E-state index < -0.39 is 12.0 Å². The van der Waals surface area contributed by atoms with Crippen LogP contribution in [0.25, 0.3) is 0 Å². The van der Waals surface area contributed by atoms with E-state index in [1.54, 1.807) is 0 Å². The van der Waals surface area contributed by atoms with Gasteiger partial charge in [0.15, 0.2) is 0 Å². The van der Waals surface area contributed by atoms with Crippen LogP contribution in [0, 0.1) is 0 Å². The minimum absolute atomic E-state index is 0. The average molecular weight is 179 g/mol. The molecule has 0 heterocycles. The zero-order valence-corrected chi connectivity index (χ0v) is 11.1. The van der Waals surface area contributed by atoms with E-state index in [2.05, 4.69) is 12.6 Å². The van der Waals surface area contributed by atoms with E-state index in [-0.39, 0.29) is 59.1 Å². The maximum Gasteiger partial charge on any atom is 1.00 e. The van der Waals surface area contributed by atoms with Gasteiger partial charge < -0.3 is 28.3 Å². The molecule has 2 N–H and O–H groups in total. The van der Waals surface area contributed by atoms with Crippen LogP contribution in [0.5, 0.6) is 0 Å². The molecule has 6 heteroatoms. The van der Waals surface area contributed by atoms with E-state index in [4.69, 9.17) is 5.73 Å². The number of carboxylic acids is 1. The summed E-state index contributed by atoms with van der Waals surface area (Å²) >= 11 is 4.48. The summed E-state index contributed by atoms with van der Waals surface area (Å²) < 4.78 is 0. The Labute approximate surface area is 110 Å². The van der Waals surface area contributed by atoms with E-state index in [1.165, 1.54) is 0 Å². The van der Waals surface area contributed by atoms with Crippen molar-refractivity contribution in [2.45, 2.75) is 12.5 Å². The molecule has 0 aliphatic rings. The summed E-state index contributed by atoms with van der Waals surface area (Å²) in [5, 5.41) is 9.81. The molecule has 0 aliphatic carbocycles. The van der Waals surface area contributed by atoms with E-state index in [0.717, 1.165) is 0 Å². The SMILES string of the molecule is N[C@H](CC[S-])C(=O)[O-].[Na+].[Na+]. The molecule has 1 atom stereocenters. The molecule has 0 saturated heterocycles. The van der Waals surface area contributed by atoms with Gasteiger partial charge in [0.25, 0.3) is 0 Å². The molecule has 0 radical (unpaired) electrons. The first-order chi connectivity index (χ1) is 3.68. The number of hydrogen-bond donors (Lipinski definition) is 1. The molecular weight excluding hydrogens is 172 g/mol. The quantitative estimate of drug-likeness (QED) is 0.345. The number of nitrogens with two attached hydrogens (primary N) is 1. The van der Waals surface area contributed by atoms with Crippen molar-refractivity contribution in [1.82, 2.24) is 0 Å². The van der Waals surface area contributed by atoms with Crippen molar-refractivity contribution in [2.75, 3.05) is 5.75 Å². The Morgan fingerprint density at radius 3 is 2.10 bits per heavy atom. The zero-order chi connectivity index (χ0) is 6.57. The topological polar surface area (TPSA) is 66.2 Å². The van der Waals surface area contributed by atoms with Gasteiger partial charge in [-0.1, -0.05) is 6.42 Å². The first-order valence-corrected chi connectivity index (χ1v) is 2.80. The predicted molar refractivity (Wildman–Crippen MR) is 29.8 cm³/mol. The molecule has 0 rings (SSSR count). The van der Waals surface area contributed by atoms with Crippen molar-refractivity contribution in [3.63, 3.8) is 0 Å². The molecule has 0 aromatic carbocycles. The number of hydrogen-bond acceptors (Lipinski definition) is 4. The fourth-order valence-corrected chi connectivity index (χ4v) is 0.499. The third-order valence-corrected chi connectivity index (χ3v) is 0.967. The maximum absolute atomic E-state index is 9.81. The molecular formula is C4H7NNa2O2S. The Morgan fingerprint density at radius 1 is 1.60 bits per heavy atom. The summed E-state index contributed by atoms with van der Waals surface area (Å²) in [5.41, 5.74) is 5.00. The molecule has 48 valence electrons. The van der Waals surface area contributed by atoms with E-state index in [9.17, 15) is 9.90 Å². The molecule has 0 saturated carbocycles. The second-order valence-electron chi connectivity index (χ2n) is 1.42. The van der Waals surface area contributed by atoms with Crippen LogP contribution < -0.4 is 70.0 Å². The third kappa shape index (κ3) is 9.78.